The Bertz CT molecular complexity index is 146. The molecule has 0 aliphatic rings. The van der Waals surface area contributed by atoms with E-state index in [4.69, 9.17) is 0 Å². The zero-order chi connectivity index (χ0) is 7.28. The Morgan fingerprint density at radius 2 is 2.11 bits per heavy atom. The Hall–Kier alpha value is -0.770. The van der Waals surface area contributed by atoms with Crippen molar-refractivity contribution in [2.75, 3.05) is 0 Å². The number of rotatable bonds is 1. The molecule has 0 heterocycles. The lowest BCUT2D eigenvalue weighted by molar-refractivity contribution is -0.111. The molecule has 0 aliphatic carbocycles. The fraction of sp³-hybridized carbons (Fsp3) is 0.625. The number of hydrogen-bond acceptors (Lipinski definition) is 1. The zero-order valence-electron chi connectivity index (χ0n) is 6.19. The second kappa shape index (κ2) is 4.14. The van der Waals surface area contributed by atoms with Crippen molar-refractivity contribution in [3.05, 3.63) is 0 Å². The second-order valence-electron chi connectivity index (χ2n) is 2.46. The summed E-state index contributed by atoms with van der Waals surface area (Å²) in [5.41, 5.74) is 0. The van der Waals surface area contributed by atoms with Gasteiger partial charge in [-0.25, -0.2) is 0 Å². The first-order chi connectivity index (χ1) is 4.13. The van der Waals surface area contributed by atoms with Gasteiger partial charge in [-0.05, 0) is 11.8 Å². The standard InChI is InChI=1S/C8H12O/c1-7(2)5-4-6-8(3)9/h7H,5H2,1-3H3. The van der Waals surface area contributed by atoms with E-state index in [0.29, 0.717) is 5.92 Å². The van der Waals surface area contributed by atoms with Crippen molar-refractivity contribution < 1.29 is 4.79 Å². The molecule has 0 fully saturated rings. The number of carbonyl (C=O) groups excluding carboxylic acids is 1. The van der Waals surface area contributed by atoms with Crippen LogP contribution < -0.4 is 0 Å². The average Bonchev–Trinajstić information content (AvgIpc) is 1.63. The number of carbonyl (C=O) groups is 1. The summed E-state index contributed by atoms with van der Waals surface area (Å²) in [4.78, 5) is 10.3. The van der Waals surface area contributed by atoms with E-state index in [0.717, 1.165) is 6.42 Å². The van der Waals surface area contributed by atoms with Crippen molar-refractivity contribution >= 4 is 5.78 Å². The van der Waals surface area contributed by atoms with Gasteiger partial charge in [-0.3, -0.25) is 4.79 Å². The van der Waals surface area contributed by atoms with Gasteiger partial charge >= 0.3 is 0 Å². The molecule has 0 atom stereocenters. The maximum absolute atomic E-state index is 10.3. The lowest BCUT2D eigenvalue weighted by atomic mass is 10.1. The van der Waals surface area contributed by atoms with Gasteiger partial charge < -0.3 is 0 Å². The fourth-order valence-electron chi connectivity index (χ4n) is 0.380. The van der Waals surface area contributed by atoms with Crippen molar-refractivity contribution in [2.24, 2.45) is 5.92 Å². The van der Waals surface area contributed by atoms with Crippen molar-refractivity contribution in [3.63, 3.8) is 0 Å². The smallest absolute Gasteiger partial charge is 0.202 e. The second-order valence-corrected chi connectivity index (χ2v) is 2.46. The van der Waals surface area contributed by atoms with E-state index < -0.39 is 0 Å². The highest BCUT2D eigenvalue weighted by Gasteiger charge is 1.86. The first-order valence-corrected chi connectivity index (χ1v) is 3.12. The van der Waals surface area contributed by atoms with Crippen LogP contribution in [0.4, 0.5) is 0 Å². The molecule has 50 valence electrons. The van der Waals surface area contributed by atoms with Gasteiger partial charge in [0.1, 0.15) is 0 Å². The van der Waals surface area contributed by atoms with Gasteiger partial charge in [0.2, 0.25) is 5.78 Å². The highest BCUT2D eigenvalue weighted by atomic mass is 16.1. The first kappa shape index (κ1) is 8.23. The molecule has 0 bridgehead atoms. The van der Waals surface area contributed by atoms with Gasteiger partial charge in [0.05, 0.1) is 0 Å². The first-order valence-electron chi connectivity index (χ1n) is 3.12. The summed E-state index contributed by atoms with van der Waals surface area (Å²) < 4.78 is 0. The molecule has 0 saturated heterocycles. The van der Waals surface area contributed by atoms with E-state index in [-0.39, 0.29) is 5.78 Å². The molecule has 9 heavy (non-hydrogen) atoms. The largest absolute Gasteiger partial charge is 0.285 e. The highest BCUT2D eigenvalue weighted by molar-refractivity contribution is 5.93. The van der Waals surface area contributed by atoms with Gasteiger partial charge in [0.15, 0.2) is 0 Å². The topological polar surface area (TPSA) is 17.1 Å². The van der Waals surface area contributed by atoms with Crippen molar-refractivity contribution in [1.82, 2.24) is 0 Å². The number of Topliss-reactive ketones (excluding diaryl/α,β-unsaturated/α-hetero) is 1. The minimum Gasteiger partial charge on any atom is -0.285 e. The van der Waals surface area contributed by atoms with E-state index in [1.807, 2.05) is 0 Å². The maximum atomic E-state index is 10.3. The Labute approximate surface area is 56.5 Å². The molecule has 0 N–H and O–H groups in total. The van der Waals surface area contributed by atoms with Gasteiger partial charge in [-0.1, -0.05) is 19.8 Å². The third-order valence-electron chi connectivity index (χ3n) is 0.775. The summed E-state index contributed by atoms with van der Waals surface area (Å²) in [6.07, 6.45) is 0.819. The molecule has 0 aliphatic heterocycles. The molecule has 0 aromatic carbocycles. The molecular weight excluding hydrogens is 112 g/mol. The zero-order valence-corrected chi connectivity index (χ0v) is 6.19. The van der Waals surface area contributed by atoms with Crippen LogP contribution in [0.2, 0.25) is 0 Å². The van der Waals surface area contributed by atoms with E-state index in [1.165, 1.54) is 6.92 Å². The predicted octanol–water partition coefficient (Wildman–Crippen LogP) is 1.62. The van der Waals surface area contributed by atoms with Crippen LogP contribution in [0.15, 0.2) is 0 Å². The third kappa shape index (κ3) is 7.23. The van der Waals surface area contributed by atoms with Crippen LogP contribution in [0.1, 0.15) is 27.2 Å². The lowest BCUT2D eigenvalue weighted by Gasteiger charge is -1.91. The summed E-state index contributed by atoms with van der Waals surface area (Å²) in [5, 5.41) is 0. The summed E-state index contributed by atoms with van der Waals surface area (Å²) in [7, 11) is 0. The Morgan fingerprint density at radius 3 is 2.44 bits per heavy atom. The normalized spacial score (nSPS) is 8.44. The van der Waals surface area contributed by atoms with Crippen LogP contribution in [0, 0.1) is 17.8 Å². The summed E-state index contributed by atoms with van der Waals surface area (Å²) in [5.74, 6) is 5.79. The fourth-order valence-corrected chi connectivity index (χ4v) is 0.380. The molecule has 0 aromatic heterocycles. The van der Waals surface area contributed by atoms with Crippen molar-refractivity contribution in [2.45, 2.75) is 27.2 Å². The van der Waals surface area contributed by atoms with Gasteiger partial charge in [-0.2, -0.15) is 0 Å². The van der Waals surface area contributed by atoms with Gasteiger partial charge in [0.25, 0.3) is 0 Å². The minimum absolute atomic E-state index is 0.0457. The summed E-state index contributed by atoms with van der Waals surface area (Å²) >= 11 is 0. The van der Waals surface area contributed by atoms with Crippen LogP contribution >= 0.6 is 0 Å². The molecule has 0 unspecified atom stereocenters. The average molecular weight is 124 g/mol. The summed E-state index contributed by atoms with van der Waals surface area (Å²) in [6.45, 7) is 5.64. The van der Waals surface area contributed by atoms with Crippen LogP contribution in [0.3, 0.4) is 0 Å². The van der Waals surface area contributed by atoms with Crippen molar-refractivity contribution in [1.29, 1.82) is 0 Å². The molecule has 0 saturated carbocycles. The van der Waals surface area contributed by atoms with E-state index in [1.54, 1.807) is 0 Å². The van der Waals surface area contributed by atoms with E-state index in [2.05, 4.69) is 25.7 Å². The van der Waals surface area contributed by atoms with E-state index in [9.17, 15) is 4.79 Å². The molecule has 0 rings (SSSR count). The third-order valence-corrected chi connectivity index (χ3v) is 0.775. The SMILES string of the molecule is CC(=O)C#CCC(C)C. The Balaban J connectivity index is 3.50. The lowest BCUT2D eigenvalue weighted by Crippen LogP contribution is -1.85. The number of hydrogen-bond donors (Lipinski definition) is 0. The summed E-state index contributed by atoms with van der Waals surface area (Å²) in [6, 6.07) is 0. The van der Waals surface area contributed by atoms with Crippen LogP contribution in [-0.4, -0.2) is 5.78 Å². The van der Waals surface area contributed by atoms with Crippen molar-refractivity contribution in [3.8, 4) is 11.8 Å². The molecule has 0 aromatic rings. The molecule has 0 amide bonds. The highest BCUT2D eigenvalue weighted by Crippen LogP contribution is 1.95. The Morgan fingerprint density at radius 1 is 1.56 bits per heavy atom. The predicted molar refractivity (Wildman–Crippen MR) is 37.9 cm³/mol. The molecule has 1 nitrogen and oxygen atoms in total. The minimum atomic E-state index is -0.0457. The monoisotopic (exact) mass is 124 g/mol. The molecule has 0 radical (unpaired) electrons. The quantitative estimate of drug-likeness (QED) is 0.383. The molecular formula is C8H12O. The van der Waals surface area contributed by atoms with E-state index >= 15 is 0 Å². The van der Waals surface area contributed by atoms with Crippen LogP contribution in [-0.2, 0) is 4.79 Å². The van der Waals surface area contributed by atoms with Gasteiger partial charge in [0, 0.05) is 13.3 Å². The molecule has 0 spiro atoms. The van der Waals surface area contributed by atoms with Crippen LogP contribution in [0.5, 0.6) is 0 Å². The molecule has 1 heteroatoms. The van der Waals surface area contributed by atoms with Gasteiger partial charge in [-0.15, -0.1) is 0 Å². The van der Waals surface area contributed by atoms with Crippen LogP contribution in [0.25, 0.3) is 0 Å². The maximum Gasteiger partial charge on any atom is 0.202 e. The Kier molecular flexibility index (Phi) is 3.79. The number of ketones is 1.